The Kier molecular flexibility index (Phi) is 4.35. The Morgan fingerprint density at radius 2 is 2.22 bits per heavy atom. The minimum Gasteiger partial charge on any atom is -0.377 e. The van der Waals surface area contributed by atoms with Gasteiger partial charge in [0.25, 0.3) is 0 Å². The van der Waals surface area contributed by atoms with Crippen LogP contribution in [0.15, 0.2) is 0 Å². The van der Waals surface area contributed by atoms with Crippen molar-refractivity contribution in [2.45, 2.75) is 58.7 Å². The maximum Gasteiger partial charge on any atom is 0.146 e. The zero-order valence-electron chi connectivity index (χ0n) is 11.6. The van der Waals surface area contributed by atoms with Crippen LogP contribution >= 0.6 is 0 Å². The predicted molar refractivity (Wildman–Crippen MR) is 70.1 cm³/mol. The van der Waals surface area contributed by atoms with E-state index in [0.717, 1.165) is 37.6 Å². The van der Waals surface area contributed by atoms with Crippen molar-refractivity contribution in [1.82, 2.24) is 14.8 Å². The van der Waals surface area contributed by atoms with Crippen molar-refractivity contribution < 1.29 is 4.74 Å². The Labute approximate surface area is 109 Å². The molecule has 1 fully saturated rings. The van der Waals surface area contributed by atoms with Crippen LogP contribution in [-0.2, 0) is 17.8 Å². The highest BCUT2D eigenvalue weighted by Crippen LogP contribution is 2.32. The standard InChI is InChI=1S/C13H24N4O/c1-4-11-10(5-6-18-11)13-16-15-12(7-14)17(13)8-9(2)3/h9-11H,4-8,14H2,1-3H3. The molecule has 2 heterocycles. The molecule has 0 saturated carbocycles. The molecular formula is C13H24N4O. The molecule has 18 heavy (non-hydrogen) atoms. The normalized spacial score (nSPS) is 24.1. The van der Waals surface area contributed by atoms with Crippen molar-refractivity contribution in [2.75, 3.05) is 6.61 Å². The molecule has 2 rings (SSSR count). The molecule has 2 atom stereocenters. The maximum absolute atomic E-state index is 5.76. The van der Waals surface area contributed by atoms with Gasteiger partial charge in [-0.05, 0) is 18.8 Å². The average molecular weight is 252 g/mol. The van der Waals surface area contributed by atoms with Gasteiger partial charge in [-0.1, -0.05) is 20.8 Å². The molecule has 1 aliphatic rings. The zero-order valence-corrected chi connectivity index (χ0v) is 11.6. The molecule has 1 saturated heterocycles. The predicted octanol–water partition coefficient (Wildman–Crippen LogP) is 1.68. The smallest absolute Gasteiger partial charge is 0.146 e. The Hall–Kier alpha value is -0.940. The van der Waals surface area contributed by atoms with Gasteiger partial charge in [-0.2, -0.15) is 0 Å². The van der Waals surface area contributed by atoms with Crippen LogP contribution in [0.4, 0.5) is 0 Å². The minimum atomic E-state index is 0.283. The van der Waals surface area contributed by atoms with Gasteiger partial charge in [-0.25, -0.2) is 0 Å². The molecule has 1 aromatic heterocycles. The van der Waals surface area contributed by atoms with Crippen molar-refractivity contribution in [3.8, 4) is 0 Å². The van der Waals surface area contributed by atoms with E-state index in [0.29, 0.717) is 18.4 Å². The molecule has 0 aliphatic carbocycles. The first kappa shape index (κ1) is 13.5. The summed E-state index contributed by atoms with van der Waals surface area (Å²) in [5.41, 5.74) is 5.75. The van der Waals surface area contributed by atoms with Crippen LogP contribution in [0.25, 0.3) is 0 Å². The Balaban J connectivity index is 2.28. The SMILES string of the molecule is CCC1OCCC1c1nnc(CN)n1CC(C)C. The molecule has 0 bridgehead atoms. The largest absolute Gasteiger partial charge is 0.377 e. The lowest BCUT2D eigenvalue weighted by Crippen LogP contribution is -2.21. The molecule has 102 valence electrons. The number of hydrogen-bond donors (Lipinski definition) is 1. The number of hydrogen-bond acceptors (Lipinski definition) is 4. The van der Waals surface area contributed by atoms with E-state index in [1.165, 1.54) is 0 Å². The lowest BCUT2D eigenvalue weighted by Gasteiger charge is -2.19. The molecule has 5 nitrogen and oxygen atoms in total. The van der Waals surface area contributed by atoms with E-state index in [1.807, 2.05) is 0 Å². The fraction of sp³-hybridized carbons (Fsp3) is 0.846. The molecule has 0 radical (unpaired) electrons. The summed E-state index contributed by atoms with van der Waals surface area (Å²) in [4.78, 5) is 0. The summed E-state index contributed by atoms with van der Waals surface area (Å²) in [6.45, 7) is 8.77. The van der Waals surface area contributed by atoms with Crippen molar-refractivity contribution in [3.05, 3.63) is 11.6 Å². The number of nitrogens with two attached hydrogens (primary N) is 1. The summed E-state index contributed by atoms with van der Waals surface area (Å²) < 4.78 is 7.96. The van der Waals surface area contributed by atoms with Gasteiger partial charge in [0.1, 0.15) is 11.6 Å². The van der Waals surface area contributed by atoms with Gasteiger partial charge in [0.15, 0.2) is 0 Å². The molecule has 2 N–H and O–H groups in total. The van der Waals surface area contributed by atoms with Crippen molar-refractivity contribution in [1.29, 1.82) is 0 Å². The van der Waals surface area contributed by atoms with Crippen LogP contribution < -0.4 is 5.73 Å². The minimum absolute atomic E-state index is 0.283. The third-order valence-electron chi connectivity index (χ3n) is 3.53. The molecular weight excluding hydrogens is 228 g/mol. The van der Waals surface area contributed by atoms with Crippen molar-refractivity contribution in [3.63, 3.8) is 0 Å². The summed E-state index contributed by atoms with van der Waals surface area (Å²) in [5, 5.41) is 8.61. The van der Waals surface area contributed by atoms with Crippen LogP contribution in [-0.4, -0.2) is 27.5 Å². The quantitative estimate of drug-likeness (QED) is 0.865. The van der Waals surface area contributed by atoms with Gasteiger partial charge in [0, 0.05) is 19.1 Å². The molecule has 0 amide bonds. The zero-order chi connectivity index (χ0) is 13.1. The fourth-order valence-electron chi connectivity index (χ4n) is 2.68. The summed E-state index contributed by atoms with van der Waals surface area (Å²) in [5.74, 6) is 2.89. The fourth-order valence-corrected chi connectivity index (χ4v) is 2.68. The summed E-state index contributed by atoms with van der Waals surface area (Å²) in [6, 6.07) is 0. The summed E-state index contributed by atoms with van der Waals surface area (Å²) >= 11 is 0. The van der Waals surface area contributed by atoms with E-state index in [-0.39, 0.29) is 6.10 Å². The number of nitrogens with zero attached hydrogens (tertiary/aromatic N) is 3. The molecule has 1 aliphatic heterocycles. The van der Waals surface area contributed by atoms with Gasteiger partial charge in [-0.3, -0.25) is 0 Å². The first-order valence-electron chi connectivity index (χ1n) is 6.91. The first-order valence-corrected chi connectivity index (χ1v) is 6.91. The van der Waals surface area contributed by atoms with E-state index in [1.54, 1.807) is 0 Å². The van der Waals surface area contributed by atoms with E-state index in [9.17, 15) is 0 Å². The third-order valence-corrected chi connectivity index (χ3v) is 3.53. The van der Waals surface area contributed by atoms with Crippen LogP contribution in [0.5, 0.6) is 0 Å². The Morgan fingerprint density at radius 1 is 1.44 bits per heavy atom. The topological polar surface area (TPSA) is 66.0 Å². The van der Waals surface area contributed by atoms with Crippen LogP contribution in [0.2, 0.25) is 0 Å². The van der Waals surface area contributed by atoms with Gasteiger partial charge in [-0.15, -0.1) is 10.2 Å². The van der Waals surface area contributed by atoms with E-state index in [2.05, 4.69) is 35.5 Å². The number of aromatic nitrogens is 3. The Bertz CT molecular complexity index is 388. The first-order chi connectivity index (χ1) is 8.67. The van der Waals surface area contributed by atoms with Crippen molar-refractivity contribution in [2.24, 2.45) is 11.7 Å². The van der Waals surface area contributed by atoms with Crippen LogP contribution in [0, 0.1) is 5.92 Å². The highest BCUT2D eigenvalue weighted by atomic mass is 16.5. The monoisotopic (exact) mass is 252 g/mol. The molecule has 2 unspecified atom stereocenters. The van der Waals surface area contributed by atoms with Gasteiger partial charge in [0.05, 0.1) is 12.6 Å². The van der Waals surface area contributed by atoms with E-state index in [4.69, 9.17) is 10.5 Å². The van der Waals surface area contributed by atoms with Crippen LogP contribution in [0.3, 0.4) is 0 Å². The second kappa shape index (κ2) is 5.80. The maximum atomic E-state index is 5.76. The van der Waals surface area contributed by atoms with Gasteiger partial charge < -0.3 is 15.0 Å². The Morgan fingerprint density at radius 3 is 2.83 bits per heavy atom. The molecule has 5 heteroatoms. The average Bonchev–Trinajstić information content (AvgIpc) is 2.93. The highest BCUT2D eigenvalue weighted by molar-refractivity contribution is 5.06. The number of ether oxygens (including phenoxy) is 1. The second-order valence-electron chi connectivity index (χ2n) is 5.40. The lowest BCUT2D eigenvalue weighted by atomic mass is 9.98. The molecule has 0 aromatic carbocycles. The van der Waals surface area contributed by atoms with E-state index >= 15 is 0 Å². The van der Waals surface area contributed by atoms with Gasteiger partial charge >= 0.3 is 0 Å². The lowest BCUT2D eigenvalue weighted by molar-refractivity contribution is 0.0987. The van der Waals surface area contributed by atoms with E-state index < -0.39 is 0 Å². The number of rotatable bonds is 5. The molecule has 1 aromatic rings. The summed E-state index contributed by atoms with van der Waals surface area (Å²) in [6.07, 6.45) is 2.35. The second-order valence-corrected chi connectivity index (χ2v) is 5.40. The van der Waals surface area contributed by atoms with Crippen LogP contribution in [0.1, 0.15) is 51.2 Å². The highest BCUT2D eigenvalue weighted by Gasteiger charge is 2.32. The summed E-state index contributed by atoms with van der Waals surface area (Å²) in [7, 11) is 0. The molecule has 0 spiro atoms. The van der Waals surface area contributed by atoms with Gasteiger partial charge in [0.2, 0.25) is 0 Å². The van der Waals surface area contributed by atoms with Crippen molar-refractivity contribution >= 4 is 0 Å². The third kappa shape index (κ3) is 2.57.